The van der Waals surface area contributed by atoms with Gasteiger partial charge in [0, 0.05) is 13.0 Å². The van der Waals surface area contributed by atoms with E-state index in [-0.39, 0.29) is 37.6 Å². The van der Waals surface area contributed by atoms with Crippen molar-refractivity contribution in [2.75, 3.05) is 18.5 Å². The second-order valence-corrected chi connectivity index (χ2v) is 5.66. The minimum absolute atomic E-state index is 0.0544. The van der Waals surface area contributed by atoms with Gasteiger partial charge in [-0.05, 0) is 17.7 Å². The van der Waals surface area contributed by atoms with E-state index < -0.39 is 37.0 Å². The fourth-order valence-electron chi connectivity index (χ4n) is 2.33. The molecule has 0 spiro atoms. The fourth-order valence-corrected chi connectivity index (χ4v) is 2.33. The predicted octanol–water partition coefficient (Wildman–Crippen LogP) is -1.54. The molecule has 1 aliphatic rings. The minimum atomic E-state index is -1.51. The summed E-state index contributed by atoms with van der Waals surface area (Å²) >= 11 is 0. The van der Waals surface area contributed by atoms with E-state index in [0.717, 1.165) is 0 Å². The van der Waals surface area contributed by atoms with E-state index in [1.807, 2.05) is 0 Å². The van der Waals surface area contributed by atoms with Gasteiger partial charge in [0.15, 0.2) is 1.37 Å². The first-order valence-corrected chi connectivity index (χ1v) is 7.90. The Balaban J connectivity index is 2.19. The molecule has 144 valence electrons. The molecule has 6 N–H and O–H groups in total. The lowest BCUT2D eigenvalue weighted by Crippen LogP contribution is -2.54. The molecule has 1 saturated heterocycles. The second-order valence-electron chi connectivity index (χ2n) is 5.66. The van der Waals surface area contributed by atoms with Crippen LogP contribution in [0.15, 0.2) is 18.2 Å². The van der Waals surface area contributed by atoms with Gasteiger partial charge in [0.25, 0.3) is 6.45 Å². The number of nitrogens with one attached hydrogen (secondary N) is 1. The first kappa shape index (κ1) is 18.5. The monoisotopic (exact) mass is 371 g/mol. The molecule has 2 rings (SSSR count). The lowest BCUT2D eigenvalue weighted by molar-refractivity contribution is -0.241. The lowest BCUT2D eigenvalue weighted by atomic mass is 10.1. The summed E-state index contributed by atoms with van der Waals surface area (Å²) in [5, 5.41) is 31.8. The van der Waals surface area contributed by atoms with Gasteiger partial charge in [-0.2, -0.15) is 0 Å². The van der Waals surface area contributed by atoms with Crippen molar-refractivity contribution in [3.63, 3.8) is 0 Å². The van der Waals surface area contributed by atoms with Crippen molar-refractivity contribution in [3.05, 3.63) is 23.8 Å². The normalized spacial score (nSPS) is 25.9. The molecule has 1 aromatic carbocycles. The smallest absolute Gasteiger partial charge is 0.293 e. The molecule has 1 amide bonds. The van der Waals surface area contributed by atoms with E-state index in [1.165, 1.54) is 18.2 Å². The van der Waals surface area contributed by atoms with E-state index in [0.29, 0.717) is 5.56 Å². The Hall–Kier alpha value is -2.24. The predicted molar refractivity (Wildman–Crippen MR) is 88.0 cm³/mol. The number of carbonyl (C=O) groups is 2. The number of nitrogens with two attached hydrogens (primary N) is 1. The molecule has 26 heavy (non-hydrogen) atoms. The molecule has 4 atom stereocenters. The minimum Gasteiger partial charge on any atom is -0.463 e. The highest BCUT2D eigenvalue weighted by Crippen LogP contribution is 2.29. The Morgan fingerprint density at radius 1 is 1.42 bits per heavy atom. The van der Waals surface area contributed by atoms with Crippen molar-refractivity contribution in [1.29, 1.82) is 0 Å². The van der Waals surface area contributed by atoms with Crippen LogP contribution >= 0.6 is 0 Å². The van der Waals surface area contributed by atoms with Crippen LogP contribution in [-0.4, -0.2) is 65.4 Å². The highest BCUT2D eigenvalue weighted by molar-refractivity contribution is 5.92. The number of carbonyl (C=O) groups excluding carboxylic acids is 2. The van der Waals surface area contributed by atoms with Crippen molar-refractivity contribution >= 4 is 18.0 Å². The van der Waals surface area contributed by atoms with E-state index in [4.69, 9.17) is 16.6 Å². The van der Waals surface area contributed by atoms with Gasteiger partial charge >= 0.3 is 0 Å². The number of hydrogen-bond donors (Lipinski definition) is 5. The summed E-state index contributed by atoms with van der Waals surface area (Å²) in [7, 11) is 0. The zero-order valence-electron chi connectivity index (χ0n) is 14.8. The van der Waals surface area contributed by atoms with Gasteiger partial charge in [-0.1, -0.05) is 6.07 Å². The molecule has 0 saturated carbocycles. The van der Waals surface area contributed by atoms with Gasteiger partial charge in [0.05, 0.1) is 12.3 Å². The summed E-state index contributed by atoms with van der Waals surface area (Å²) in [6.45, 7) is -0.294. The van der Waals surface area contributed by atoms with Crippen molar-refractivity contribution in [2.45, 2.75) is 37.6 Å². The van der Waals surface area contributed by atoms with Crippen LogP contribution < -0.4 is 15.8 Å². The highest BCUT2D eigenvalue weighted by Gasteiger charge is 2.39. The van der Waals surface area contributed by atoms with Crippen LogP contribution in [0.2, 0.25) is 0 Å². The maximum atomic E-state index is 11.9. The van der Waals surface area contributed by atoms with Gasteiger partial charge in [0.1, 0.15) is 30.7 Å². The molecule has 0 aromatic heterocycles. The molecular weight excluding hydrogens is 348 g/mol. The number of ether oxygens (including phenoxy) is 3. The summed E-state index contributed by atoms with van der Waals surface area (Å²) in [5.74, 6) is -0.272. The first-order valence-electron chi connectivity index (χ1n) is 8.40. The number of hydrogen-bond acceptors (Lipinski definition) is 9. The van der Waals surface area contributed by atoms with Crippen molar-refractivity contribution in [1.82, 2.24) is 0 Å². The summed E-state index contributed by atoms with van der Waals surface area (Å²) in [6, 6.07) is 4.43. The summed E-state index contributed by atoms with van der Waals surface area (Å²) in [4.78, 5) is 22.5. The van der Waals surface area contributed by atoms with Crippen molar-refractivity contribution in [2.24, 2.45) is 5.73 Å². The third-order valence-electron chi connectivity index (χ3n) is 3.68. The zero-order chi connectivity index (χ0) is 20.0. The Kier molecular flexibility index (Phi) is 6.75. The molecule has 1 aromatic rings. The molecule has 0 aliphatic carbocycles. The number of anilines is 1. The molecule has 1 unspecified atom stereocenters. The first-order chi connectivity index (χ1) is 12.8. The van der Waals surface area contributed by atoms with Crippen LogP contribution in [0.4, 0.5) is 5.69 Å². The molecule has 10 heteroatoms. The maximum absolute atomic E-state index is 11.9. The van der Waals surface area contributed by atoms with Crippen LogP contribution in [0.5, 0.6) is 5.75 Å². The molecule has 0 bridgehead atoms. The Bertz CT molecular complexity index is 674. The van der Waals surface area contributed by atoms with Crippen LogP contribution in [0.1, 0.15) is 13.4 Å². The molecule has 1 fully saturated rings. The largest absolute Gasteiger partial charge is 0.463 e. The highest BCUT2D eigenvalue weighted by atomic mass is 16.7. The molecule has 1 heterocycles. The zero-order valence-corrected chi connectivity index (χ0v) is 13.8. The number of aliphatic hydroxyl groups is 3. The quantitative estimate of drug-likeness (QED) is 0.358. The summed E-state index contributed by atoms with van der Waals surface area (Å²) in [6.07, 6.45) is -6.62. The number of amides is 1. The summed E-state index contributed by atoms with van der Waals surface area (Å²) < 4.78 is 22.1. The van der Waals surface area contributed by atoms with Gasteiger partial charge in [-0.25, -0.2) is 0 Å². The van der Waals surface area contributed by atoms with E-state index in [9.17, 15) is 24.9 Å². The molecule has 1 aliphatic heterocycles. The van der Waals surface area contributed by atoms with Crippen molar-refractivity contribution in [3.8, 4) is 5.75 Å². The molecule has 10 nitrogen and oxygen atoms in total. The van der Waals surface area contributed by atoms with Crippen LogP contribution in [0.3, 0.4) is 0 Å². The third kappa shape index (κ3) is 5.13. The Morgan fingerprint density at radius 2 is 2.19 bits per heavy atom. The molecular formula is C16H22N2O8. The fraction of sp³-hybridized carbons (Fsp3) is 0.500. The van der Waals surface area contributed by atoms with E-state index in [1.54, 1.807) is 0 Å². The standard InChI is InChI=1S/C16H22N2O8/c17-4-3-13(21)18-10-5-9(6-24-8-19)1-2-12(10)26-16-15(23)14(22)11(20)7-25-16/h1-2,5,8,11,14-16,20,22-23H,3-4,6-7,17H2,(H,18,21)/t11-,14+,15-,16?/m1/s1/i8D. The van der Waals surface area contributed by atoms with Crippen LogP contribution in [0, 0.1) is 0 Å². The summed E-state index contributed by atoms with van der Waals surface area (Å²) in [5.41, 5.74) is 6.03. The van der Waals surface area contributed by atoms with Crippen molar-refractivity contribution < 1.29 is 40.5 Å². The lowest BCUT2D eigenvalue weighted by Gasteiger charge is -2.35. The van der Waals surface area contributed by atoms with Crippen LogP contribution in [0.25, 0.3) is 0 Å². The average Bonchev–Trinajstić information content (AvgIpc) is 2.62. The number of benzene rings is 1. The van der Waals surface area contributed by atoms with Crippen LogP contribution in [-0.2, 0) is 25.7 Å². The van der Waals surface area contributed by atoms with Gasteiger partial charge < -0.3 is 40.6 Å². The maximum Gasteiger partial charge on any atom is 0.293 e. The second kappa shape index (κ2) is 9.46. The topological polar surface area (TPSA) is 161 Å². The van der Waals surface area contributed by atoms with E-state index >= 15 is 0 Å². The molecule has 0 radical (unpaired) electrons. The third-order valence-corrected chi connectivity index (χ3v) is 3.68. The number of aliphatic hydroxyl groups excluding tert-OH is 3. The van der Waals surface area contributed by atoms with E-state index in [2.05, 4.69) is 10.1 Å². The number of rotatable bonds is 7. The Labute approximate surface area is 150 Å². The van der Waals surface area contributed by atoms with Gasteiger partial charge in [-0.15, -0.1) is 0 Å². The Morgan fingerprint density at radius 3 is 2.88 bits per heavy atom. The van der Waals surface area contributed by atoms with Gasteiger partial charge in [-0.3, -0.25) is 9.59 Å². The SMILES string of the molecule is [2H]C(=O)OCc1ccc(OC2OC[C@@H](O)[C@H](O)[C@H]2O)c(NC(=O)CCN)c1. The van der Waals surface area contributed by atoms with Gasteiger partial charge in [0.2, 0.25) is 12.2 Å². The average molecular weight is 371 g/mol.